The zero-order valence-electron chi connectivity index (χ0n) is 11.3. The number of hydrogen-bond donors (Lipinski definition) is 2. The van der Waals surface area contributed by atoms with Crippen molar-refractivity contribution >= 4 is 11.9 Å². The maximum atomic E-state index is 11.9. The average Bonchev–Trinajstić information content (AvgIpc) is 2.37. The van der Waals surface area contributed by atoms with Crippen LogP contribution in [0.4, 0.5) is 4.79 Å². The van der Waals surface area contributed by atoms with Crippen molar-refractivity contribution in [2.45, 2.75) is 45.4 Å². The molecular formula is C13H25N3O2. The molecule has 1 aliphatic heterocycles. The van der Waals surface area contributed by atoms with Gasteiger partial charge in [-0.3, -0.25) is 4.79 Å². The molecule has 1 rings (SSSR count). The van der Waals surface area contributed by atoms with E-state index in [4.69, 9.17) is 5.73 Å². The van der Waals surface area contributed by atoms with Crippen molar-refractivity contribution in [3.8, 4) is 0 Å². The van der Waals surface area contributed by atoms with Gasteiger partial charge in [0.1, 0.15) is 0 Å². The molecule has 0 aliphatic carbocycles. The quantitative estimate of drug-likeness (QED) is 0.705. The first-order valence-corrected chi connectivity index (χ1v) is 6.94. The van der Waals surface area contributed by atoms with E-state index in [1.54, 1.807) is 0 Å². The predicted octanol–water partition coefficient (Wildman–Crippen LogP) is 1.47. The topological polar surface area (TPSA) is 75.4 Å². The fourth-order valence-electron chi connectivity index (χ4n) is 2.32. The van der Waals surface area contributed by atoms with E-state index >= 15 is 0 Å². The van der Waals surface area contributed by atoms with Gasteiger partial charge in [-0.2, -0.15) is 0 Å². The van der Waals surface area contributed by atoms with Gasteiger partial charge in [0.05, 0.1) is 0 Å². The first kappa shape index (κ1) is 14.8. The standard InChI is InChI=1S/C13H25N3O2/c1-2-3-8-15-13(18)16-9-4-5-11(10-16)6-7-12(14)17/h11H,2-10H2,1H3,(H2,14,17)(H,15,18)/t11-/m1/s1. The first-order chi connectivity index (χ1) is 8.63. The summed E-state index contributed by atoms with van der Waals surface area (Å²) in [5.41, 5.74) is 5.15. The van der Waals surface area contributed by atoms with Crippen LogP contribution in [0.5, 0.6) is 0 Å². The van der Waals surface area contributed by atoms with Crippen LogP contribution in [-0.4, -0.2) is 36.5 Å². The Labute approximate surface area is 109 Å². The van der Waals surface area contributed by atoms with E-state index in [0.29, 0.717) is 12.3 Å². The van der Waals surface area contributed by atoms with Gasteiger partial charge in [-0.05, 0) is 31.6 Å². The lowest BCUT2D eigenvalue weighted by atomic mass is 9.93. The molecule has 0 aromatic carbocycles. The fraction of sp³-hybridized carbons (Fsp3) is 0.846. The number of nitrogens with two attached hydrogens (primary N) is 1. The van der Waals surface area contributed by atoms with Crippen molar-refractivity contribution in [1.29, 1.82) is 0 Å². The highest BCUT2D eigenvalue weighted by Gasteiger charge is 2.23. The van der Waals surface area contributed by atoms with Crippen LogP contribution < -0.4 is 11.1 Å². The van der Waals surface area contributed by atoms with E-state index in [2.05, 4.69) is 12.2 Å². The second kappa shape index (κ2) is 7.95. The molecule has 1 fully saturated rings. The third-order valence-corrected chi connectivity index (χ3v) is 3.41. The number of piperidine rings is 1. The van der Waals surface area contributed by atoms with Crippen molar-refractivity contribution in [2.75, 3.05) is 19.6 Å². The van der Waals surface area contributed by atoms with E-state index in [-0.39, 0.29) is 11.9 Å². The number of amides is 3. The molecule has 104 valence electrons. The van der Waals surface area contributed by atoms with Crippen molar-refractivity contribution < 1.29 is 9.59 Å². The molecule has 1 aliphatic rings. The normalized spacial score (nSPS) is 19.6. The number of hydrogen-bond acceptors (Lipinski definition) is 2. The van der Waals surface area contributed by atoms with Crippen LogP contribution in [0, 0.1) is 5.92 Å². The van der Waals surface area contributed by atoms with Gasteiger partial charge >= 0.3 is 6.03 Å². The summed E-state index contributed by atoms with van der Waals surface area (Å²) in [6.07, 6.45) is 5.44. The van der Waals surface area contributed by atoms with E-state index in [9.17, 15) is 9.59 Å². The summed E-state index contributed by atoms with van der Waals surface area (Å²) in [6, 6.07) is 0.0345. The molecule has 0 saturated carbocycles. The van der Waals surface area contributed by atoms with Gasteiger partial charge in [-0.15, -0.1) is 0 Å². The lowest BCUT2D eigenvalue weighted by Crippen LogP contribution is -2.45. The second-order valence-corrected chi connectivity index (χ2v) is 5.04. The van der Waals surface area contributed by atoms with Gasteiger partial charge in [-0.25, -0.2) is 4.79 Å². The lowest BCUT2D eigenvalue weighted by Gasteiger charge is -2.32. The van der Waals surface area contributed by atoms with Crippen LogP contribution in [0.25, 0.3) is 0 Å². The molecule has 0 radical (unpaired) electrons. The van der Waals surface area contributed by atoms with E-state index < -0.39 is 0 Å². The molecule has 0 aromatic heterocycles. The van der Waals surface area contributed by atoms with Crippen LogP contribution in [0.3, 0.4) is 0 Å². The Hall–Kier alpha value is -1.26. The number of rotatable bonds is 6. The molecule has 0 unspecified atom stereocenters. The summed E-state index contributed by atoms with van der Waals surface area (Å²) in [7, 11) is 0. The van der Waals surface area contributed by atoms with Crippen LogP contribution in [-0.2, 0) is 4.79 Å². The van der Waals surface area contributed by atoms with Gasteiger partial charge < -0.3 is 16.0 Å². The molecule has 18 heavy (non-hydrogen) atoms. The Bertz CT molecular complexity index is 281. The summed E-state index contributed by atoms with van der Waals surface area (Å²) < 4.78 is 0. The maximum absolute atomic E-state index is 11.9. The highest BCUT2D eigenvalue weighted by Crippen LogP contribution is 2.20. The second-order valence-electron chi connectivity index (χ2n) is 5.04. The van der Waals surface area contributed by atoms with Gasteiger partial charge in [0.15, 0.2) is 0 Å². The Morgan fingerprint density at radius 3 is 2.89 bits per heavy atom. The highest BCUT2D eigenvalue weighted by atomic mass is 16.2. The molecule has 1 saturated heterocycles. The molecule has 3 amide bonds. The number of primary amides is 1. The maximum Gasteiger partial charge on any atom is 0.317 e. The molecule has 0 spiro atoms. The predicted molar refractivity (Wildman–Crippen MR) is 71.0 cm³/mol. The molecule has 1 heterocycles. The number of nitrogens with zero attached hydrogens (tertiary/aromatic N) is 1. The van der Waals surface area contributed by atoms with E-state index in [1.165, 1.54) is 0 Å². The number of likely N-dealkylation sites (tertiary alicyclic amines) is 1. The summed E-state index contributed by atoms with van der Waals surface area (Å²) in [5.74, 6) is 0.169. The summed E-state index contributed by atoms with van der Waals surface area (Å²) in [5, 5.41) is 2.93. The zero-order valence-corrected chi connectivity index (χ0v) is 11.3. The van der Waals surface area contributed by atoms with E-state index in [0.717, 1.165) is 51.7 Å². The Kier molecular flexibility index (Phi) is 6.54. The molecule has 3 N–H and O–H groups in total. The van der Waals surface area contributed by atoms with Crippen molar-refractivity contribution in [1.82, 2.24) is 10.2 Å². The van der Waals surface area contributed by atoms with Crippen molar-refractivity contribution in [3.63, 3.8) is 0 Å². The number of nitrogens with one attached hydrogen (secondary N) is 1. The summed E-state index contributed by atoms with van der Waals surface area (Å²) in [6.45, 7) is 4.43. The van der Waals surface area contributed by atoms with Crippen LogP contribution >= 0.6 is 0 Å². The van der Waals surface area contributed by atoms with Crippen molar-refractivity contribution in [3.05, 3.63) is 0 Å². The lowest BCUT2D eigenvalue weighted by molar-refractivity contribution is -0.118. The summed E-state index contributed by atoms with van der Waals surface area (Å²) >= 11 is 0. The smallest absolute Gasteiger partial charge is 0.317 e. The number of carbonyl (C=O) groups excluding carboxylic acids is 2. The summed E-state index contributed by atoms with van der Waals surface area (Å²) in [4.78, 5) is 24.5. The molecule has 1 atom stereocenters. The highest BCUT2D eigenvalue weighted by molar-refractivity contribution is 5.74. The number of unbranched alkanes of at least 4 members (excludes halogenated alkanes) is 1. The molecular weight excluding hydrogens is 230 g/mol. The number of urea groups is 1. The Morgan fingerprint density at radius 1 is 1.44 bits per heavy atom. The Morgan fingerprint density at radius 2 is 2.22 bits per heavy atom. The number of carbonyl (C=O) groups is 2. The van der Waals surface area contributed by atoms with Crippen molar-refractivity contribution in [2.24, 2.45) is 11.7 Å². The van der Waals surface area contributed by atoms with Crippen LogP contribution in [0.2, 0.25) is 0 Å². The molecule has 0 aromatic rings. The van der Waals surface area contributed by atoms with Crippen LogP contribution in [0.1, 0.15) is 45.4 Å². The van der Waals surface area contributed by atoms with E-state index in [1.807, 2.05) is 4.90 Å². The minimum atomic E-state index is -0.250. The molecule has 0 bridgehead atoms. The average molecular weight is 255 g/mol. The molecule has 5 nitrogen and oxygen atoms in total. The van der Waals surface area contributed by atoms with Gasteiger partial charge in [-0.1, -0.05) is 13.3 Å². The van der Waals surface area contributed by atoms with Gasteiger partial charge in [0.2, 0.25) is 5.91 Å². The first-order valence-electron chi connectivity index (χ1n) is 6.94. The minimum absolute atomic E-state index is 0.0345. The third kappa shape index (κ3) is 5.38. The SMILES string of the molecule is CCCCNC(=O)N1CCC[C@H](CCC(N)=O)C1. The zero-order chi connectivity index (χ0) is 13.4. The molecule has 5 heteroatoms. The van der Waals surface area contributed by atoms with Gasteiger partial charge in [0.25, 0.3) is 0 Å². The monoisotopic (exact) mass is 255 g/mol. The largest absolute Gasteiger partial charge is 0.370 e. The fourth-order valence-corrected chi connectivity index (χ4v) is 2.32. The van der Waals surface area contributed by atoms with Crippen LogP contribution in [0.15, 0.2) is 0 Å². The minimum Gasteiger partial charge on any atom is -0.370 e. The third-order valence-electron chi connectivity index (χ3n) is 3.41. The Balaban J connectivity index is 2.28. The van der Waals surface area contributed by atoms with Gasteiger partial charge in [0, 0.05) is 26.1 Å².